The van der Waals surface area contributed by atoms with Crippen LogP contribution in [0.15, 0.2) is 0 Å². The highest BCUT2D eigenvalue weighted by molar-refractivity contribution is 5.84. The Hall–Kier alpha value is -1.26. The molecule has 1 saturated carbocycles. The molecule has 0 aromatic rings. The fraction of sp³-hybridized carbons (Fsp3) is 0.857. The highest BCUT2D eigenvalue weighted by Gasteiger charge is 2.42. The molecule has 1 aliphatic carbocycles. The van der Waals surface area contributed by atoms with Gasteiger partial charge in [0.05, 0.1) is 0 Å². The molecule has 1 atom stereocenters. The van der Waals surface area contributed by atoms with Crippen LogP contribution >= 0.6 is 0 Å². The zero-order chi connectivity index (χ0) is 14.0. The number of alkyl carbamates (subject to hydrolysis) is 1. The van der Waals surface area contributed by atoms with Crippen LogP contribution in [-0.2, 0) is 9.53 Å². The van der Waals surface area contributed by atoms with Crippen molar-refractivity contribution in [1.29, 1.82) is 0 Å². The Balaban J connectivity index is 1.92. The first-order chi connectivity index (χ1) is 8.87. The molecule has 5 nitrogen and oxygen atoms in total. The second-order valence-corrected chi connectivity index (χ2v) is 6.57. The number of nitrogens with zero attached hydrogens (tertiary/aromatic N) is 1. The fourth-order valence-electron chi connectivity index (χ4n) is 2.32. The number of hydrogen-bond donors (Lipinski definition) is 1. The molecule has 19 heavy (non-hydrogen) atoms. The van der Waals surface area contributed by atoms with Gasteiger partial charge in [-0.2, -0.15) is 0 Å². The molecule has 0 radical (unpaired) electrons. The average Bonchev–Trinajstić information content (AvgIpc) is 2.97. The first kappa shape index (κ1) is 14.2. The quantitative estimate of drug-likeness (QED) is 0.850. The van der Waals surface area contributed by atoms with Crippen molar-refractivity contribution in [3.63, 3.8) is 0 Å². The number of carbonyl (C=O) groups excluding carboxylic acids is 2. The molecule has 1 N–H and O–H groups in total. The Morgan fingerprint density at radius 1 is 1.21 bits per heavy atom. The molecule has 2 rings (SSSR count). The maximum atomic E-state index is 12.3. The molecule has 0 aromatic heterocycles. The van der Waals surface area contributed by atoms with Crippen LogP contribution in [0, 0.1) is 5.92 Å². The lowest BCUT2D eigenvalue weighted by atomic mass is 10.1. The number of ether oxygens (including phenoxy) is 1. The first-order valence-electron chi connectivity index (χ1n) is 7.14. The number of nitrogens with one attached hydrogen (secondary N) is 1. The lowest BCUT2D eigenvalue weighted by molar-refractivity contribution is -0.140. The van der Waals surface area contributed by atoms with Gasteiger partial charge in [-0.3, -0.25) is 4.79 Å². The van der Waals surface area contributed by atoms with Crippen LogP contribution in [0.5, 0.6) is 0 Å². The van der Waals surface area contributed by atoms with Crippen molar-refractivity contribution in [2.45, 2.75) is 58.1 Å². The minimum atomic E-state index is -0.583. The summed E-state index contributed by atoms with van der Waals surface area (Å²) >= 11 is 0. The Labute approximate surface area is 114 Å². The monoisotopic (exact) mass is 268 g/mol. The number of amides is 2. The third-order valence-electron chi connectivity index (χ3n) is 3.42. The third kappa shape index (κ3) is 4.11. The van der Waals surface area contributed by atoms with E-state index in [9.17, 15) is 9.59 Å². The summed E-state index contributed by atoms with van der Waals surface area (Å²) in [6, 6.07) is 0. The van der Waals surface area contributed by atoms with Gasteiger partial charge in [-0.25, -0.2) is 4.79 Å². The van der Waals surface area contributed by atoms with E-state index in [0.29, 0.717) is 0 Å². The molecule has 0 aromatic carbocycles. The summed E-state index contributed by atoms with van der Waals surface area (Å²) in [6.07, 6.45) is 2.99. The van der Waals surface area contributed by atoms with E-state index >= 15 is 0 Å². The van der Waals surface area contributed by atoms with E-state index < -0.39 is 12.2 Å². The van der Waals surface area contributed by atoms with Crippen molar-refractivity contribution in [2.75, 3.05) is 13.1 Å². The summed E-state index contributed by atoms with van der Waals surface area (Å²) in [7, 11) is 0. The van der Waals surface area contributed by atoms with E-state index in [0.717, 1.165) is 38.8 Å². The Morgan fingerprint density at radius 2 is 1.79 bits per heavy atom. The normalized spacial score (nSPS) is 21.1. The third-order valence-corrected chi connectivity index (χ3v) is 3.42. The highest BCUT2D eigenvalue weighted by Crippen LogP contribution is 2.35. The van der Waals surface area contributed by atoms with Gasteiger partial charge >= 0.3 is 6.09 Å². The highest BCUT2D eigenvalue weighted by atomic mass is 16.6. The van der Waals surface area contributed by atoms with Crippen molar-refractivity contribution < 1.29 is 14.3 Å². The largest absolute Gasteiger partial charge is 0.436 e. The van der Waals surface area contributed by atoms with Crippen molar-refractivity contribution in [2.24, 2.45) is 5.92 Å². The second-order valence-electron chi connectivity index (χ2n) is 6.57. The number of likely N-dealkylation sites (tertiary alicyclic amines) is 1. The summed E-state index contributed by atoms with van der Waals surface area (Å²) in [6.45, 7) is 7.27. The van der Waals surface area contributed by atoms with Gasteiger partial charge in [-0.1, -0.05) is 0 Å². The second kappa shape index (κ2) is 5.39. The zero-order valence-electron chi connectivity index (χ0n) is 12.1. The molecule has 108 valence electrons. The topological polar surface area (TPSA) is 58.6 Å². The predicted molar refractivity (Wildman–Crippen MR) is 71.7 cm³/mol. The molecule has 2 fully saturated rings. The fourth-order valence-corrected chi connectivity index (χ4v) is 2.32. The maximum Gasteiger partial charge on any atom is 0.408 e. The summed E-state index contributed by atoms with van der Waals surface area (Å²) < 4.78 is 5.38. The van der Waals surface area contributed by atoms with Gasteiger partial charge in [0.1, 0.15) is 0 Å². The average molecular weight is 268 g/mol. The van der Waals surface area contributed by atoms with Gasteiger partial charge in [0.2, 0.25) is 0 Å². The maximum absolute atomic E-state index is 12.3. The van der Waals surface area contributed by atoms with Crippen molar-refractivity contribution in [3.8, 4) is 0 Å². The lowest BCUT2D eigenvalue weighted by Gasteiger charge is -2.26. The summed E-state index contributed by atoms with van der Waals surface area (Å²) in [5.74, 6) is 0.211. The van der Waals surface area contributed by atoms with Gasteiger partial charge in [-0.15, -0.1) is 0 Å². The van der Waals surface area contributed by atoms with Crippen LogP contribution in [0.4, 0.5) is 4.79 Å². The first-order valence-corrected chi connectivity index (χ1v) is 7.14. The number of carbonyl (C=O) groups is 2. The van der Waals surface area contributed by atoms with Crippen molar-refractivity contribution in [1.82, 2.24) is 10.2 Å². The van der Waals surface area contributed by atoms with Gasteiger partial charge < -0.3 is 15.0 Å². The number of hydrogen-bond acceptors (Lipinski definition) is 3. The van der Waals surface area contributed by atoms with Crippen LogP contribution in [0.25, 0.3) is 0 Å². The van der Waals surface area contributed by atoms with Crippen LogP contribution in [-0.4, -0.2) is 41.6 Å². The molecule has 5 heteroatoms. The van der Waals surface area contributed by atoms with Crippen LogP contribution in [0.1, 0.15) is 46.5 Å². The molecule has 2 aliphatic rings. The molecule has 1 heterocycles. The molecule has 1 saturated heterocycles. The van der Waals surface area contributed by atoms with Crippen molar-refractivity contribution in [3.05, 3.63) is 0 Å². The molecule has 0 spiro atoms. The van der Waals surface area contributed by atoms with E-state index in [4.69, 9.17) is 4.74 Å². The van der Waals surface area contributed by atoms with Gasteiger partial charge in [0.15, 0.2) is 6.10 Å². The SMILES string of the molecule is CC(C)(C)NC(=O)O[C@H](C(=O)N1CCCC1)C1CC1. The molecular formula is C14H24N2O3. The Morgan fingerprint density at radius 3 is 2.26 bits per heavy atom. The summed E-state index contributed by atoms with van der Waals surface area (Å²) in [5, 5.41) is 2.75. The molecule has 0 bridgehead atoms. The van der Waals surface area contributed by atoms with Gasteiger partial charge in [-0.05, 0) is 46.5 Å². The van der Waals surface area contributed by atoms with E-state index in [1.807, 2.05) is 25.7 Å². The Bertz CT molecular complexity index is 352. The standard InChI is InChI=1S/C14H24N2O3/c1-14(2,3)15-13(18)19-11(10-6-7-10)12(17)16-8-4-5-9-16/h10-11H,4-9H2,1-3H3,(H,15,18)/t11-/m0/s1. The smallest absolute Gasteiger partial charge is 0.408 e. The number of rotatable bonds is 3. The molecule has 1 aliphatic heterocycles. The molecular weight excluding hydrogens is 244 g/mol. The van der Waals surface area contributed by atoms with E-state index in [1.54, 1.807) is 0 Å². The minimum Gasteiger partial charge on any atom is -0.436 e. The predicted octanol–water partition coefficient (Wildman–Crippen LogP) is 1.91. The summed E-state index contributed by atoms with van der Waals surface area (Å²) in [4.78, 5) is 26.0. The summed E-state index contributed by atoms with van der Waals surface area (Å²) in [5.41, 5.74) is -0.345. The Kier molecular flexibility index (Phi) is 4.02. The lowest BCUT2D eigenvalue weighted by Crippen LogP contribution is -2.46. The molecule has 0 unspecified atom stereocenters. The van der Waals surface area contributed by atoms with Crippen molar-refractivity contribution >= 4 is 12.0 Å². The van der Waals surface area contributed by atoms with Crippen LogP contribution in [0.3, 0.4) is 0 Å². The van der Waals surface area contributed by atoms with Gasteiger partial charge in [0, 0.05) is 24.5 Å². The molecule has 2 amide bonds. The van der Waals surface area contributed by atoms with Crippen LogP contribution < -0.4 is 5.32 Å². The van der Waals surface area contributed by atoms with Crippen LogP contribution in [0.2, 0.25) is 0 Å². The zero-order valence-corrected chi connectivity index (χ0v) is 12.1. The van der Waals surface area contributed by atoms with E-state index in [-0.39, 0.29) is 17.4 Å². The van der Waals surface area contributed by atoms with E-state index in [2.05, 4.69) is 5.32 Å². The van der Waals surface area contributed by atoms with E-state index in [1.165, 1.54) is 0 Å². The van der Waals surface area contributed by atoms with Gasteiger partial charge in [0.25, 0.3) is 5.91 Å². The minimum absolute atomic E-state index is 0.0101.